The second kappa shape index (κ2) is 8.01. The topological polar surface area (TPSA) is 59.1 Å². The summed E-state index contributed by atoms with van der Waals surface area (Å²) < 4.78 is 18.7. The van der Waals surface area contributed by atoms with Crippen molar-refractivity contribution in [2.45, 2.75) is 13.8 Å². The molecule has 26 heavy (non-hydrogen) atoms. The van der Waals surface area contributed by atoms with E-state index in [9.17, 15) is 4.39 Å². The minimum Gasteiger partial charge on any atom is -0.494 e. The van der Waals surface area contributed by atoms with Crippen molar-refractivity contribution in [1.82, 2.24) is 9.97 Å². The maximum absolute atomic E-state index is 13.3. The largest absolute Gasteiger partial charge is 0.494 e. The lowest BCUT2D eigenvalue weighted by atomic mass is 10.3. The van der Waals surface area contributed by atoms with Crippen LogP contribution in [0.2, 0.25) is 5.02 Å². The highest BCUT2D eigenvalue weighted by Gasteiger charge is 2.06. The van der Waals surface area contributed by atoms with Gasteiger partial charge in [0, 0.05) is 23.1 Å². The minimum atomic E-state index is -0.472. The van der Waals surface area contributed by atoms with Gasteiger partial charge < -0.3 is 15.4 Å². The summed E-state index contributed by atoms with van der Waals surface area (Å²) in [7, 11) is 0. The second-order valence-electron chi connectivity index (χ2n) is 5.55. The number of aryl methyl sites for hydroxylation is 1. The Bertz CT molecular complexity index is 903. The molecule has 2 N–H and O–H groups in total. The molecule has 0 aliphatic heterocycles. The van der Waals surface area contributed by atoms with Crippen molar-refractivity contribution in [2.75, 3.05) is 17.2 Å². The van der Waals surface area contributed by atoms with Crippen LogP contribution in [0.15, 0.2) is 48.5 Å². The smallest absolute Gasteiger partial charge is 0.229 e. The molecule has 7 heteroatoms. The van der Waals surface area contributed by atoms with E-state index in [1.807, 2.05) is 44.2 Å². The molecular formula is C19H18ClFN4O. The summed E-state index contributed by atoms with van der Waals surface area (Å²) in [4.78, 5) is 8.78. The Morgan fingerprint density at radius 1 is 1.00 bits per heavy atom. The predicted molar refractivity (Wildman–Crippen MR) is 102 cm³/mol. The van der Waals surface area contributed by atoms with E-state index in [0.29, 0.717) is 24.1 Å². The molecule has 0 saturated heterocycles. The van der Waals surface area contributed by atoms with Gasteiger partial charge in [0.2, 0.25) is 5.95 Å². The van der Waals surface area contributed by atoms with Crippen LogP contribution in [-0.2, 0) is 0 Å². The van der Waals surface area contributed by atoms with Gasteiger partial charge in [0.1, 0.15) is 17.4 Å². The molecule has 0 unspecified atom stereocenters. The van der Waals surface area contributed by atoms with Crippen molar-refractivity contribution in [3.05, 3.63) is 65.1 Å². The van der Waals surface area contributed by atoms with Crippen molar-refractivity contribution in [3.63, 3.8) is 0 Å². The van der Waals surface area contributed by atoms with Gasteiger partial charge in [0.25, 0.3) is 0 Å². The molecule has 0 aliphatic carbocycles. The van der Waals surface area contributed by atoms with E-state index in [4.69, 9.17) is 16.3 Å². The standard InChI is InChI=1S/C19H18ClFN4O/c1-3-26-15-7-4-13(5-8-15)23-18-10-12(2)22-19(25-18)24-14-6-9-17(21)16(20)11-14/h4-11H,3H2,1-2H3,(H2,22,23,24,25). The van der Waals surface area contributed by atoms with E-state index in [1.165, 1.54) is 12.1 Å². The number of ether oxygens (including phenoxy) is 1. The maximum atomic E-state index is 13.3. The summed E-state index contributed by atoms with van der Waals surface area (Å²) >= 11 is 5.81. The molecule has 0 bridgehead atoms. The molecule has 0 radical (unpaired) electrons. The lowest BCUT2D eigenvalue weighted by Gasteiger charge is -2.11. The summed E-state index contributed by atoms with van der Waals surface area (Å²) in [6, 6.07) is 13.8. The first-order valence-electron chi connectivity index (χ1n) is 8.11. The number of rotatable bonds is 6. The third kappa shape index (κ3) is 4.61. The molecule has 1 heterocycles. The van der Waals surface area contributed by atoms with Crippen molar-refractivity contribution in [1.29, 1.82) is 0 Å². The van der Waals surface area contributed by atoms with Crippen LogP contribution in [0.1, 0.15) is 12.6 Å². The number of nitrogens with one attached hydrogen (secondary N) is 2. The van der Waals surface area contributed by atoms with Gasteiger partial charge in [-0.3, -0.25) is 0 Å². The van der Waals surface area contributed by atoms with Gasteiger partial charge in [-0.25, -0.2) is 9.37 Å². The molecule has 0 atom stereocenters. The van der Waals surface area contributed by atoms with Crippen LogP contribution in [0, 0.1) is 12.7 Å². The summed E-state index contributed by atoms with van der Waals surface area (Å²) in [5, 5.41) is 6.30. The Morgan fingerprint density at radius 2 is 1.73 bits per heavy atom. The zero-order valence-corrected chi connectivity index (χ0v) is 15.1. The molecule has 5 nitrogen and oxygen atoms in total. The van der Waals surface area contributed by atoms with Gasteiger partial charge in [0.05, 0.1) is 11.6 Å². The van der Waals surface area contributed by atoms with Crippen LogP contribution >= 0.6 is 11.6 Å². The minimum absolute atomic E-state index is 0.0374. The predicted octanol–water partition coefficient (Wildman–Crippen LogP) is 5.46. The molecule has 0 spiro atoms. The molecule has 0 saturated carbocycles. The van der Waals surface area contributed by atoms with E-state index in [1.54, 1.807) is 6.07 Å². The Balaban J connectivity index is 1.77. The van der Waals surface area contributed by atoms with Gasteiger partial charge in [-0.05, 0) is 56.3 Å². The van der Waals surface area contributed by atoms with Gasteiger partial charge >= 0.3 is 0 Å². The summed E-state index contributed by atoms with van der Waals surface area (Å²) in [6.45, 7) is 4.44. The number of aromatic nitrogens is 2. The molecular weight excluding hydrogens is 355 g/mol. The number of halogens is 2. The number of nitrogens with zero attached hydrogens (tertiary/aromatic N) is 2. The van der Waals surface area contributed by atoms with E-state index in [-0.39, 0.29) is 5.02 Å². The summed E-state index contributed by atoms with van der Waals surface area (Å²) in [6.07, 6.45) is 0. The lowest BCUT2D eigenvalue weighted by Crippen LogP contribution is -2.02. The first kappa shape index (κ1) is 17.9. The Labute approximate surface area is 156 Å². The first-order valence-corrected chi connectivity index (χ1v) is 8.49. The van der Waals surface area contributed by atoms with Crippen LogP contribution < -0.4 is 15.4 Å². The highest BCUT2D eigenvalue weighted by molar-refractivity contribution is 6.31. The average molecular weight is 373 g/mol. The third-order valence-electron chi connectivity index (χ3n) is 3.47. The summed E-state index contributed by atoms with van der Waals surface area (Å²) in [5.74, 6) is 1.37. The number of benzene rings is 2. The number of hydrogen-bond acceptors (Lipinski definition) is 5. The Hall–Kier alpha value is -2.86. The lowest BCUT2D eigenvalue weighted by molar-refractivity contribution is 0.340. The van der Waals surface area contributed by atoms with E-state index < -0.39 is 5.82 Å². The van der Waals surface area contributed by atoms with Gasteiger partial charge in [-0.1, -0.05) is 11.6 Å². The number of hydrogen-bond donors (Lipinski definition) is 2. The highest BCUT2D eigenvalue weighted by atomic mass is 35.5. The third-order valence-corrected chi connectivity index (χ3v) is 3.76. The highest BCUT2D eigenvalue weighted by Crippen LogP contribution is 2.23. The molecule has 2 aromatic carbocycles. The maximum Gasteiger partial charge on any atom is 0.229 e. The normalized spacial score (nSPS) is 10.5. The van der Waals surface area contributed by atoms with E-state index >= 15 is 0 Å². The van der Waals surface area contributed by atoms with E-state index in [2.05, 4.69) is 20.6 Å². The molecule has 3 rings (SSSR count). The van der Waals surface area contributed by atoms with E-state index in [0.717, 1.165) is 17.1 Å². The van der Waals surface area contributed by atoms with Crippen molar-refractivity contribution in [2.24, 2.45) is 0 Å². The zero-order chi connectivity index (χ0) is 18.5. The quantitative estimate of drug-likeness (QED) is 0.601. The fourth-order valence-electron chi connectivity index (χ4n) is 2.34. The molecule has 1 aromatic heterocycles. The zero-order valence-electron chi connectivity index (χ0n) is 14.4. The molecule has 3 aromatic rings. The van der Waals surface area contributed by atoms with Crippen LogP contribution in [0.5, 0.6) is 5.75 Å². The SMILES string of the molecule is CCOc1ccc(Nc2cc(C)nc(Nc3ccc(F)c(Cl)c3)n2)cc1. The van der Waals surface area contributed by atoms with Crippen molar-refractivity contribution >= 4 is 34.7 Å². The molecule has 0 aliphatic rings. The van der Waals surface area contributed by atoms with Gasteiger partial charge in [-0.15, -0.1) is 0 Å². The molecule has 134 valence electrons. The van der Waals surface area contributed by atoms with Crippen LogP contribution in [0.3, 0.4) is 0 Å². The fourth-order valence-corrected chi connectivity index (χ4v) is 2.52. The van der Waals surface area contributed by atoms with Crippen LogP contribution in [0.25, 0.3) is 0 Å². The average Bonchev–Trinajstić information content (AvgIpc) is 2.60. The Morgan fingerprint density at radius 3 is 2.42 bits per heavy atom. The summed E-state index contributed by atoms with van der Waals surface area (Å²) in [5.41, 5.74) is 2.26. The second-order valence-corrected chi connectivity index (χ2v) is 5.96. The van der Waals surface area contributed by atoms with Crippen molar-refractivity contribution < 1.29 is 9.13 Å². The van der Waals surface area contributed by atoms with Gasteiger partial charge in [0.15, 0.2) is 0 Å². The fraction of sp³-hybridized carbons (Fsp3) is 0.158. The van der Waals surface area contributed by atoms with Crippen LogP contribution in [-0.4, -0.2) is 16.6 Å². The number of anilines is 4. The van der Waals surface area contributed by atoms with Crippen molar-refractivity contribution in [3.8, 4) is 5.75 Å². The van der Waals surface area contributed by atoms with Gasteiger partial charge in [-0.2, -0.15) is 4.98 Å². The monoisotopic (exact) mass is 372 g/mol. The molecule has 0 fully saturated rings. The van der Waals surface area contributed by atoms with Crippen LogP contribution in [0.4, 0.5) is 27.5 Å². The Kier molecular flexibility index (Phi) is 5.53. The first-order chi connectivity index (χ1) is 12.5. The molecule has 0 amide bonds.